The van der Waals surface area contributed by atoms with Crippen molar-refractivity contribution in [3.63, 3.8) is 0 Å². The van der Waals surface area contributed by atoms with E-state index in [1.165, 1.54) is 0 Å². The summed E-state index contributed by atoms with van der Waals surface area (Å²) in [6.07, 6.45) is 4.15. The summed E-state index contributed by atoms with van der Waals surface area (Å²) in [6.45, 7) is -0.174. The lowest BCUT2D eigenvalue weighted by atomic mass is 10.1. The second-order valence-corrected chi connectivity index (χ2v) is 7.87. The molecule has 0 bridgehead atoms. The monoisotopic (exact) mass is 468 g/mol. The molecular formula is C25H29FN4O4. The van der Waals surface area contributed by atoms with Crippen molar-refractivity contribution < 1.29 is 23.9 Å². The van der Waals surface area contributed by atoms with E-state index in [0.717, 1.165) is 27.6 Å². The SMILES string of the molecule is O=C(O)CCN(OCc1ccccc1)C(=O)CCCc1ccc(-n2cc(CCCF)nn2)cc1. The highest BCUT2D eigenvalue weighted by Crippen LogP contribution is 2.13. The van der Waals surface area contributed by atoms with E-state index in [-0.39, 0.29) is 38.6 Å². The van der Waals surface area contributed by atoms with Gasteiger partial charge in [-0.1, -0.05) is 47.7 Å². The number of carbonyl (C=O) groups excluding carboxylic acids is 1. The molecule has 0 aliphatic carbocycles. The van der Waals surface area contributed by atoms with E-state index < -0.39 is 5.97 Å². The van der Waals surface area contributed by atoms with Gasteiger partial charge >= 0.3 is 5.97 Å². The van der Waals surface area contributed by atoms with Crippen molar-refractivity contribution in [1.29, 1.82) is 0 Å². The third-order valence-corrected chi connectivity index (χ3v) is 5.20. The normalized spacial score (nSPS) is 10.9. The average Bonchev–Trinajstić information content (AvgIpc) is 3.32. The van der Waals surface area contributed by atoms with Crippen molar-refractivity contribution in [2.45, 2.75) is 45.1 Å². The van der Waals surface area contributed by atoms with Crippen LogP contribution < -0.4 is 0 Å². The quantitative estimate of drug-likeness (QED) is 0.360. The van der Waals surface area contributed by atoms with Crippen molar-refractivity contribution in [3.8, 4) is 5.69 Å². The molecule has 1 amide bonds. The van der Waals surface area contributed by atoms with Gasteiger partial charge < -0.3 is 5.11 Å². The third kappa shape index (κ3) is 8.08. The average molecular weight is 469 g/mol. The molecule has 8 nitrogen and oxygen atoms in total. The summed E-state index contributed by atoms with van der Waals surface area (Å²) in [5, 5.41) is 18.3. The van der Waals surface area contributed by atoms with Crippen LogP contribution in [0.15, 0.2) is 60.8 Å². The van der Waals surface area contributed by atoms with Crippen LogP contribution in [0.2, 0.25) is 0 Å². The first-order valence-electron chi connectivity index (χ1n) is 11.3. The highest BCUT2D eigenvalue weighted by Gasteiger charge is 2.16. The topological polar surface area (TPSA) is 97.6 Å². The summed E-state index contributed by atoms with van der Waals surface area (Å²) >= 11 is 0. The van der Waals surface area contributed by atoms with Crippen molar-refractivity contribution >= 4 is 11.9 Å². The number of benzene rings is 2. The van der Waals surface area contributed by atoms with Gasteiger partial charge in [-0.05, 0) is 48.9 Å². The zero-order valence-corrected chi connectivity index (χ0v) is 19.0. The van der Waals surface area contributed by atoms with Crippen LogP contribution in [0.3, 0.4) is 0 Å². The molecule has 0 saturated carbocycles. The van der Waals surface area contributed by atoms with Gasteiger partial charge in [0, 0.05) is 6.42 Å². The van der Waals surface area contributed by atoms with Crippen molar-refractivity contribution in [2.75, 3.05) is 13.2 Å². The predicted octanol–water partition coefficient (Wildman–Crippen LogP) is 3.93. The van der Waals surface area contributed by atoms with Crippen LogP contribution in [0, 0.1) is 0 Å². The Bertz CT molecular complexity index is 1040. The first kappa shape index (κ1) is 25.0. The number of hydrogen-bond acceptors (Lipinski definition) is 5. The zero-order chi connectivity index (χ0) is 24.2. The van der Waals surface area contributed by atoms with E-state index in [1.54, 1.807) is 10.9 Å². The molecule has 1 heterocycles. The van der Waals surface area contributed by atoms with Gasteiger partial charge in [-0.15, -0.1) is 5.10 Å². The molecule has 9 heteroatoms. The fourth-order valence-electron chi connectivity index (χ4n) is 3.36. The van der Waals surface area contributed by atoms with Crippen LogP contribution in [0.4, 0.5) is 4.39 Å². The van der Waals surface area contributed by atoms with E-state index in [1.807, 2.05) is 54.6 Å². The highest BCUT2D eigenvalue weighted by atomic mass is 19.1. The molecule has 0 radical (unpaired) electrons. The molecule has 0 unspecified atom stereocenters. The zero-order valence-electron chi connectivity index (χ0n) is 19.0. The molecule has 180 valence electrons. The summed E-state index contributed by atoms with van der Waals surface area (Å²) in [7, 11) is 0. The standard InChI is InChI=1S/C25H29FN4O4/c26-16-5-9-22-18-29(28-27-22)23-13-11-20(12-14-23)8-4-10-24(31)30(17-15-25(32)33)34-19-21-6-2-1-3-7-21/h1-3,6-7,11-14,18H,4-5,8-10,15-17,19H2,(H,32,33). The van der Waals surface area contributed by atoms with E-state index in [4.69, 9.17) is 9.94 Å². The molecule has 0 atom stereocenters. The third-order valence-electron chi connectivity index (χ3n) is 5.20. The number of rotatable bonds is 14. The number of nitrogens with zero attached hydrogens (tertiary/aromatic N) is 4. The van der Waals surface area contributed by atoms with Crippen molar-refractivity contribution in [2.24, 2.45) is 0 Å². The number of amides is 1. The second-order valence-electron chi connectivity index (χ2n) is 7.87. The van der Waals surface area contributed by atoms with Gasteiger partial charge in [0.15, 0.2) is 0 Å². The molecular weight excluding hydrogens is 439 g/mol. The number of hydroxylamine groups is 2. The minimum Gasteiger partial charge on any atom is -0.481 e. The minimum absolute atomic E-state index is 0.000913. The first-order valence-corrected chi connectivity index (χ1v) is 11.3. The summed E-state index contributed by atoms with van der Waals surface area (Å²) in [5.74, 6) is -1.22. The Hall–Kier alpha value is -3.59. The van der Waals surface area contributed by atoms with E-state index in [0.29, 0.717) is 25.7 Å². The number of aryl methyl sites for hydroxylation is 2. The number of carboxylic acid groups (broad SMARTS) is 1. The van der Waals surface area contributed by atoms with Crippen LogP contribution in [-0.4, -0.2) is 50.3 Å². The molecule has 0 spiro atoms. The van der Waals surface area contributed by atoms with Gasteiger partial charge in [0.05, 0.1) is 37.2 Å². The van der Waals surface area contributed by atoms with Gasteiger partial charge in [-0.25, -0.2) is 9.75 Å². The molecule has 0 fully saturated rings. The second kappa shape index (κ2) is 13.2. The van der Waals surface area contributed by atoms with E-state index in [9.17, 15) is 14.0 Å². The molecule has 3 aromatic rings. The number of halogens is 1. The summed E-state index contributed by atoms with van der Waals surface area (Å²) in [4.78, 5) is 29.2. The molecule has 0 saturated heterocycles. The summed E-state index contributed by atoms with van der Waals surface area (Å²) in [5.41, 5.74) is 3.57. The largest absolute Gasteiger partial charge is 0.481 e. The Morgan fingerprint density at radius 2 is 1.74 bits per heavy atom. The lowest BCUT2D eigenvalue weighted by Gasteiger charge is -2.21. The van der Waals surface area contributed by atoms with Crippen LogP contribution >= 0.6 is 0 Å². The lowest BCUT2D eigenvalue weighted by Crippen LogP contribution is -2.33. The molecule has 1 N–H and O–H groups in total. The van der Waals surface area contributed by atoms with Gasteiger partial charge in [0.1, 0.15) is 6.61 Å². The Morgan fingerprint density at radius 3 is 2.44 bits per heavy atom. The van der Waals surface area contributed by atoms with Crippen molar-refractivity contribution in [3.05, 3.63) is 77.6 Å². The predicted molar refractivity (Wildman–Crippen MR) is 124 cm³/mol. The molecule has 2 aromatic carbocycles. The Balaban J connectivity index is 1.49. The molecule has 0 aliphatic heterocycles. The van der Waals surface area contributed by atoms with Gasteiger partial charge in [0.2, 0.25) is 5.91 Å². The van der Waals surface area contributed by atoms with Crippen LogP contribution in [0.25, 0.3) is 5.69 Å². The highest BCUT2D eigenvalue weighted by molar-refractivity contribution is 5.76. The molecule has 3 rings (SSSR count). The number of aromatic nitrogens is 3. The maximum absolute atomic E-state index is 12.6. The maximum atomic E-state index is 12.6. The molecule has 34 heavy (non-hydrogen) atoms. The summed E-state index contributed by atoms with van der Waals surface area (Å²) < 4.78 is 14.0. The van der Waals surface area contributed by atoms with E-state index >= 15 is 0 Å². The Morgan fingerprint density at radius 1 is 0.971 bits per heavy atom. The molecule has 0 aliphatic rings. The van der Waals surface area contributed by atoms with Gasteiger partial charge in [0.25, 0.3) is 0 Å². The number of alkyl halides is 1. The van der Waals surface area contributed by atoms with Crippen LogP contribution in [0.5, 0.6) is 0 Å². The number of aliphatic carboxylic acids is 1. The van der Waals surface area contributed by atoms with Gasteiger partial charge in [-0.2, -0.15) is 0 Å². The van der Waals surface area contributed by atoms with Crippen LogP contribution in [-0.2, 0) is 33.9 Å². The minimum atomic E-state index is -0.983. The first-order chi connectivity index (χ1) is 16.5. The Labute approximate surface area is 197 Å². The van der Waals surface area contributed by atoms with Gasteiger partial charge in [-0.3, -0.25) is 18.8 Å². The van der Waals surface area contributed by atoms with E-state index in [2.05, 4.69) is 10.3 Å². The Kier molecular flexibility index (Phi) is 9.72. The van der Waals surface area contributed by atoms with Crippen LogP contribution in [0.1, 0.15) is 42.5 Å². The number of carboxylic acids is 1. The number of carbonyl (C=O) groups is 2. The number of hydrogen-bond donors (Lipinski definition) is 1. The fourth-order valence-corrected chi connectivity index (χ4v) is 3.36. The smallest absolute Gasteiger partial charge is 0.305 e. The van der Waals surface area contributed by atoms with Crippen molar-refractivity contribution in [1.82, 2.24) is 20.1 Å². The molecule has 1 aromatic heterocycles. The maximum Gasteiger partial charge on any atom is 0.305 e. The lowest BCUT2D eigenvalue weighted by molar-refractivity contribution is -0.192. The fraction of sp³-hybridized carbons (Fsp3) is 0.360. The summed E-state index contributed by atoms with van der Waals surface area (Å²) in [6, 6.07) is 17.2.